The zero-order chi connectivity index (χ0) is 13.8. The van der Waals surface area contributed by atoms with Crippen LogP contribution in [0.15, 0.2) is 30.3 Å². The van der Waals surface area contributed by atoms with Gasteiger partial charge in [0.25, 0.3) is 0 Å². The van der Waals surface area contributed by atoms with Crippen LogP contribution in [0, 0.1) is 0 Å². The lowest BCUT2D eigenvalue weighted by molar-refractivity contribution is 0.0725. The summed E-state index contributed by atoms with van der Waals surface area (Å²) >= 11 is 0. The van der Waals surface area contributed by atoms with Crippen LogP contribution in [0.5, 0.6) is 0 Å². The average Bonchev–Trinajstić information content (AvgIpc) is 2.95. The second-order valence-electron chi connectivity index (χ2n) is 5.50. The van der Waals surface area contributed by atoms with Crippen molar-refractivity contribution in [2.75, 3.05) is 26.2 Å². The van der Waals surface area contributed by atoms with E-state index in [1.807, 2.05) is 30.3 Å². The van der Waals surface area contributed by atoms with Gasteiger partial charge in [-0.1, -0.05) is 30.3 Å². The summed E-state index contributed by atoms with van der Waals surface area (Å²) in [6, 6.07) is 10.6. The van der Waals surface area contributed by atoms with Gasteiger partial charge in [-0.25, -0.2) is 4.79 Å². The van der Waals surface area contributed by atoms with Gasteiger partial charge in [-0.15, -0.1) is 0 Å². The van der Waals surface area contributed by atoms with E-state index < -0.39 is 0 Å². The zero-order valence-electron chi connectivity index (χ0n) is 11.5. The fourth-order valence-corrected chi connectivity index (χ4v) is 2.78. The van der Waals surface area contributed by atoms with E-state index in [9.17, 15) is 4.79 Å². The number of hydrogen-bond acceptors (Lipinski definition) is 4. The van der Waals surface area contributed by atoms with Crippen molar-refractivity contribution in [3.63, 3.8) is 0 Å². The molecule has 1 amide bonds. The lowest BCUT2D eigenvalue weighted by atomic mass is 10.1. The monoisotopic (exact) mass is 275 g/mol. The average molecular weight is 275 g/mol. The topological polar surface area (TPSA) is 53.6 Å². The Hall–Kier alpha value is -1.59. The first-order valence-corrected chi connectivity index (χ1v) is 7.23. The number of nitrogens with zero attached hydrogens (tertiary/aromatic N) is 1. The number of carbonyl (C=O) groups excluding carboxylic acids is 1. The Morgan fingerprint density at radius 3 is 2.85 bits per heavy atom. The number of hydrogen-bond donors (Lipinski definition) is 2. The minimum Gasteiger partial charge on any atom is -0.445 e. The minimum atomic E-state index is -0.317. The van der Waals surface area contributed by atoms with Gasteiger partial charge in [0.1, 0.15) is 6.61 Å². The molecule has 0 radical (unpaired) electrons. The van der Waals surface area contributed by atoms with E-state index in [2.05, 4.69) is 15.5 Å². The summed E-state index contributed by atoms with van der Waals surface area (Å²) in [5, 5.41) is 6.28. The first-order valence-electron chi connectivity index (χ1n) is 7.23. The van der Waals surface area contributed by atoms with Crippen LogP contribution < -0.4 is 10.6 Å². The Morgan fingerprint density at radius 1 is 1.35 bits per heavy atom. The fourth-order valence-electron chi connectivity index (χ4n) is 2.78. The van der Waals surface area contributed by atoms with Crippen LogP contribution in [-0.4, -0.2) is 49.3 Å². The summed E-state index contributed by atoms with van der Waals surface area (Å²) in [7, 11) is 0. The predicted octanol–water partition coefficient (Wildman–Crippen LogP) is 0.959. The lowest BCUT2D eigenvalue weighted by Gasteiger charge is -2.42. The van der Waals surface area contributed by atoms with E-state index in [1.165, 1.54) is 6.42 Å². The van der Waals surface area contributed by atoms with Crippen molar-refractivity contribution in [2.45, 2.75) is 25.1 Å². The van der Waals surface area contributed by atoms with Crippen molar-refractivity contribution in [1.29, 1.82) is 0 Å². The van der Waals surface area contributed by atoms with Gasteiger partial charge in [0, 0.05) is 25.7 Å². The Morgan fingerprint density at radius 2 is 2.15 bits per heavy atom. The summed E-state index contributed by atoms with van der Waals surface area (Å²) in [6.45, 7) is 4.39. The third-order valence-corrected chi connectivity index (χ3v) is 4.00. The lowest BCUT2D eigenvalue weighted by Crippen LogP contribution is -2.62. The standard InChI is InChI=1S/C15H21N3O2/c19-15(20-11-12-4-2-1-3-5-12)17-13-9-18(10-13)14-6-7-16-8-14/h1-5,13-14,16H,6-11H2,(H,17,19)/t14-/m1/s1. The number of likely N-dealkylation sites (tertiary alicyclic amines) is 1. The normalized spacial score (nSPS) is 23.3. The second-order valence-corrected chi connectivity index (χ2v) is 5.50. The Labute approximate surface area is 119 Å². The molecule has 2 N–H and O–H groups in total. The van der Waals surface area contributed by atoms with Crippen LogP contribution in [0.3, 0.4) is 0 Å². The van der Waals surface area contributed by atoms with Gasteiger partial charge in [-0.05, 0) is 18.5 Å². The van der Waals surface area contributed by atoms with Crippen LogP contribution in [0.2, 0.25) is 0 Å². The molecule has 1 aromatic carbocycles. The van der Waals surface area contributed by atoms with E-state index in [0.29, 0.717) is 12.6 Å². The minimum absolute atomic E-state index is 0.235. The van der Waals surface area contributed by atoms with Gasteiger partial charge in [0.2, 0.25) is 0 Å². The highest BCUT2D eigenvalue weighted by Gasteiger charge is 2.34. The molecule has 2 saturated heterocycles. The molecule has 3 rings (SSSR count). The molecule has 2 heterocycles. The first-order chi connectivity index (χ1) is 9.81. The second kappa shape index (κ2) is 6.24. The molecule has 0 spiro atoms. The molecule has 0 unspecified atom stereocenters. The molecule has 20 heavy (non-hydrogen) atoms. The molecule has 0 aromatic heterocycles. The molecule has 0 bridgehead atoms. The molecule has 5 heteroatoms. The molecule has 1 aromatic rings. The first kappa shape index (κ1) is 13.4. The van der Waals surface area contributed by atoms with Gasteiger partial charge in [0.05, 0.1) is 6.04 Å². The number of rotatable bonds is 4. The van der Waals surface area contributed by atoms with Crippen LogP contribution in [0.25, 0.3) is 0 Å². The number of ether oxygens (including phenoxy) is 1. The van der Waals surface area contributed by atoms with Crippen LogP contribution in [0.1, 0.15) is 12.0 Å². The van der Waals surface area contributed by atoms with E-state index in [4.69, 9.17) is 4.74 Å². The number of benzene rings is 1. The summed E-state index contributed by atoms with van der Waals surface area (Å²) in [5.41, 5.74) is 1.01. The summed E-state index contributed by atoms with van der Waals surface area (Å²) in [4.78, 5) is 14.1. The van der Waals surface area contributed by atoms with Gasteiger partial charge in [-0.3, -0.25) is 4.90 Å². The quantitative estimate of drug-likeness (QED) is 0.859. The highest BCUT2D eigenvalue weighted by Crippen LogP contribution is 2.16. The zero-order valence-corrected chi connectivity index (χ0v) is 11.5. The summed E-state index contributed by atoms with van der Waals surface area (Å²) in [6.07, 6.45) is 0.897. The Bertz CT molecular complexity index is 440. The maximum absolute atomic E-state index is 11.7. The van der Waals surface area contributed by atoms with E-state index in [1.54, 1.807) is 0 Å². The smallest absolute Gasteiger partial charge is 0.407 e. The van der Waals surface area contributed by atoms with Gasteiger partial charge in [-0.2, -0.15) is 0 Å². The number of carbonyl (C=O) groups is 1. The van der Waals surface area contributed by atoms with Crippen molar-refractivity contribution in [3.8, 4) is 0 Å². The van der Waals surface area contributed by atoms with Crippen molar-refractivity contribution in [3.05, 3.63) is 35.9 Å². The summed E-state index contributed by atoms with van der Waals surface area (Å²) < 4.78 is 5.21. The Kier molecular flexibility index (Phi) is 4.18. The van der Waals surface area contributed by atoms with Crippen molar-refractivity contribution in [1.82, 2.24) is 15.5 Å². The maximum Gasteiger partial charge on any atom is 0.407 e. The van der Waals surface area contributed by atoms with Gasteiger partial charge < -0.3 is 15.4 Å². The van der Waals surface area contributed by atoms with E-state index in [-0.39, 0.29) is 12.1 Å². The van der Waals surface area contributed by atoms with E-state index >= 15 is 0 Å². The van der Waals surface area contributed by atoms with Crippen molar-refractivity contribution in [2.24, 2.45) is 0 Å². The highest BCUT2D eigenvalue weighted by molar-refractivity contribution is 5.67. The third kappa shape index (κ3) is 3.29. The number of nitrogens with one attached hydrogen (secondary N) is 2. The third-order valence-electron chi connectivity index (χ3n) is 4.00. The van der Waals surface area contributed by atoms with Crippen molar-refractivity contribution >= 4 is 6.09 Å². The van der Waals surface area contributed by atoms with Crippen LogP contribution >= 0.6 is 0 Å². The number of amides is 1. The molecular formula is C15H21N3O2. The predicted molar refractivity (Wildman–Crippen MR) is 76.4 cm³/mol. The largest absolute Gasteiger partial charge is 0.445 e. The fraction of sp³-hybridized carbons (Fsp3) is 0.533. The van der Waals surface area contributed by atoms with Crippen LogP contribution in [-0.2, 0) is 11.3 Å². The molecule has 0 saturated carbocycles. The molecule has 2 aliphatic heterocycles. The Balaban J connectivity index is 1.34. The SMILES string of the molecule is O=C(NC1CN([C@@H]2CCNC2)C1)OCc1ccccc1. The molecule has 0 aliphatic carbocycles. The summed E-state index contributed by atoms with van der Waals surface area (Å²) in [5.74, 6) is 0. The molecule has 2 aliphatic rings. The van der Waals surface area contributed by atoms with Crippen LogP contribution in [0.4, 0.5) is 4.79 Å². The number of alkyl carbamates (subject to hydrolysis) is 1. The molecule has 5 nitrogen and oxygen atoms in total. The molecular weight excluding hydrogens is 254 g/mol. The van der Waals surface area contributed by atoms with Crippen molar-refractivity contribution < 1.29 is 9.53 Å². The van der Waals surface area contributed by atoms with Gasteiger partial charge >= 0.3 is 6.09 Å². The van der Waals surface area contributed by atoms with Gasteiger partial charge in [0.15, 0.2) is 0 Å². The maximum atomic E-state index is 11.7. The van der Waals surface area contributed by atoms with E-state index in [0.717, 1.165) is 31.7 Å². The molecule has 2 fully saturated rings. The highest BCUT2D eigenvalue weighted by atomic mass is 16.5. The molecule has 1 atom stereocenters. The molecule has 108 valence electrons.